The van der Waals surface area contributed by atoms with Crippen molar-refractivity contribution in [3.05, 3.63) is 68.2 Å². The Balaban J connectivity index is 0.00000112. The Morgan fingerprint density at radius 2 is 1.60 bits per heavy atom. The third-order valence-corrected chi connectivity index (χ3v) is 2.23. The van der Waals surface area contributed by atoms with Gasteiger partial charge in [-0.05, 0) is 0 Å². The van der Waals surface area contributed by atoms with Crippen molar-refractivity contribution >= 4 is 0 Å². The Bertz CT molecular complexity index is 408. The van der Waals surface area contributed by atoms with Crippen molar-refractivity contribution in [1.82, 2.24) is 0 Å². The molecule has 0 N–H and O–H groups in total. The van der Waals surface area contributed by atoms with Crippen LogP contribution in [0.2, 0.25) is 0 Å². The summed E-state index contributed by atoms with van der Waals surface area (Å²) in [7, 11) is 3.93. The van der Waals surface area contributed by atoms with Gasteiger partial charge in [-0.15, -0.1) is 17.7 Å². The maximum absolute atomic E-state index is 4.00. The van der Waals surface area contributed by atoms with Crippen LogP contribution in [0.4, 0.5) is 0 Å². The maximum Gasteiger partial charge on any atom is 2.00 e. The molecule has 78 valence electrons. The number of aromatic nitrogens is 1. The molecule has 1 heterocycles. The van der Waals surface area contributed by atoms with Crippen LogP contribution in [0, 0.1) is 14.0 Å². The molecule has 2 heteroatoms. The summed E-state index contributed by atoms with van der Waals surface area (Å²) in [5, 5.41) is 0. The molecule has 0 atom stereocenters. The van der Waals surface area contributed by atoms with Crippen LogP contribution in [0.25, 0.3) is 11.3 Å². The van der Waals surface area contributed by atoms with E-state index in [0.29, 0.717) is 0 Å². The zero-order chi connectivity index (χ0) is 9.97. The third kappa shape index (κ3) is 2.43. The van der Waals surface area contributed by atoms with E-state index in [1.54, 1.807) is 0 Å². The van der Waals surface area contributed by atoms with E-state index in [4.69, 9.17) is 0 Å². The van der Waals surface area contributed by atoms with Crippen LogP contribution in [0.1, 0.15) is 5.56 Å². The van der Waals surface area contributed by atoms with Crippen LogP contribution in [0.5, 0.6) is 0 Å². The minimum Gasteiger partial charge on any atom is -0.343 e. The van der Waals surface area contributed by atoms with Crippen LogP contribution < -0.4 is 4.57 Å². The molecule has 1 nitrogen and oxygen atoms in total. The monoisotopic (exact) mass is 377 g/mol. The van der Waals surface area contributed by atoms with Gasteiger partial charge in [-0.2, -0.15) is 18.6 Å². The molecule has 2 rings (SSSR count). The van der Waals surface area contributed by atoms with Gasteiger partial charge in [0, 0.05) is 7.05 Å². The Labute approximate surface area is 105 Å². The smallest absolute Gasteiger partial charge is 0.343 e. The van der Waals surface area contributed by atoms with Gasteiger partial charge in [0.1, 0.15) is 0 Å². The van der Waals surface area contributed by atoms with Gasteiger partial charge < -0.3 is 4.57 Å². The predicted molar refractivity (Wildman–Crippen MR) is 57.3 cm³/mol. The van der Waals surface area contributed by atoms with E-state index >= 15 is 0 Å². The second kappa shape index (κ2) is 5.04. The Morgan fingerprint density at radius 1 is 0.933 bits per heavy atom. The molecule has 1 aromatic heterocycles. The summed E-state index contributed by atoms with van der Waals surface area (Å²) < 4.78 is 1.85. The Kier molecular flexibility index (Phi) is 3.99. The van der Waals surface area contributed by atoms with Gasteiger partial charge in [0.25, 0.3) is 0 Å². The first kappa shape index (κ1) is 11.9. The summed E-state index contributed by atoms with van der Waals surface area (Å²) in [5.74, 6) is 0. The molecule has 0 unspecified atom stereocenters. The molecular formula is C13H12NPt+. The van der Waals surface area contributed by atoms with Crippen molar-refractivity contribution in [2.75, 3.05) is 0 Å². The topological polar surface area (TPSA) is 3.88 Å². The van der Waals surface area contributed by atoms with Crippen molar-refractivity contribution in [1.29, 1.82) is 0 Å². The van der Waals surface area contributed by atoms with Crippen molar-refractivity contribution in [3.63, 3.8) is 0 Å². The first-order chi connectivity index (χ1) is 6.79. The van der Waals surface area contributed by atoms with Crippen molar-refractivity contribution < 1.29 is 25.6 Å². The molecular weight excluding hydrogens is 365 g/mol. The van der Waals surface area contributed by atoms with E-state index in [2.05, 4.69) is 20.0 Å². The largest absolute Gasteiger partial charge is 2.00 e. The molecule has 0 amide bonds. The van der Waals surface area contributed by atoms with E-state index in [9.17, 15) is 0 Å². The molecule has 0 aliphatic carbocycles. The molecule has 0 spiro atoms. The minimum atomic E-state index is 0. The SMILES string of the molecule is [CH2-]c1ccccc1-c1cccc[n+]1[CH2-].[Pt+2]. The number of hydrogen-bond acceptors (Lipinski definition) is 0. The molecule has 0 bridgehead atoms. The van der Waals surface area contributed by atoms with Crippen LogP contribution in [-0.4, -0.2) is 0 Å². The van der Waals surface area contributed by atoms with Gasteiger partial charge in [-0.25, -0.2) is 0 Å². The third-order valence-electron chi connectivity index (χ3n) is 2.23. The van der Waals surface area contributed by atoms with E-state index < -0.39 is 0 Å². The molecule has 0 saturated heterocycles. The van der Waals surface area contributed by atoms with E-state index in [0.717, 1.165) is 16.8 Å². The van der Waals surface area contributed by atoms with E-state index in [-0.39, 0.29) is 21.1 Å². The molecule has 0 saturated carbocycles. The minimum absolute atomic E-state index is 0. The van der Waals surface area contributed by atoms with Crippen molar-refractivity contribution in [2.24, 2.45) is 0 Å². The Morgan fingerprint density at radius 3 is 2.27 bits per heavy atom. The molecule has 0 radical (unpaired) electrons. The van der Waals surface area contributed by atoms with Crippen molar-refractivity contribution in [2.45, 2.75) is 0 Å². The first-order valence-corrected chi connectivity index (χ1v) is 4.52. The molecule has 0 aliphatic heterocycles. The van der Waals surface area contributed by atoms with Crippen LogP contribution in [0.3, 0.4) is 0 Å². The molecule has 15 heavy (non-hydrogen) atoms. The number of nitrogens with zero attached hydrogens (tertiary/aromatic N) is 1. The summed E-state index contributed by atoms with van der Waals surface area (Å²) in [6.45, 7) is 4.00. The zero-order valence-electron chi connectivity index (χ0n) is 8.30. The van der Waals surface area contributed by atoms with Crippen LogP contribution >= 0.6 is 0 Å². The second-order valence-electron chi connectivity index (χ2n) is 3.21. The standard InChI is InChI=1S/C13H12N.Pt/c1-11-7-3-4-8-12(11)13-9-5-6-10-14(13)2;/h3-10H,1-2H2;/q-1;+2. The summed E-state index contributed by atoms with van der Waals surface area (Å²) in [4.78, 5) is 0. The fourth-order valence-electron chi connectivity index (χ4n) is 1.49. The average Bonchev–Trinajstić information content (AvgIpc) is 2.20. The summed E-state index contributed by atoms with van der Waals surface area (Å²) in [6, 6.07) is 14.1. The molecule has 0 fully saturated rings. The van der Waals surface area contributed by atoms with Gasteiger partial charge in [-0.3, -0.25) is 0 Å². The molecule has 1 aromatic carbocycles. The van der Waals surface area contributed by atoms with E-state index in [1.165, 1.54) is 0 Å². The quantitative estimate of drug-likeness (QED) is 0.531. The van der Waals surface area contributed by atoms with E-state index in [1.807, 2.05) is 47.2 Å². The van der Waals surface area contributed by atoms with Gasteiger partial charge >= 0.3 is 21.1 Å². The number of hydrogen-bond donors (Lipinski definition) is 0. The number of rotatable bonds is 1. The van der Waals surface area contributed by atoms with Gasteiger partial charge in [-0.1, -0.05) is 24.3 Å². The van der Waals surface area contributed by atoms with Gasteiger partial charge in [0.15, 0.2) is 0 Å². The van der Waals surface area contributed by atoms with Crippen molar-refractivity contribution in [3.8, 4) is 11.3 Å². The maximum atomic E-state index is 4.00. The zero-order valence-corrected chi connectivity index (χ0v) is 10.6. The molecule has 2 aromatic rings. The fourth-order valence-corrected chi connectivity index (χ4v) is 1.49. The summed E-state index contributed by atoms with van der Waals surface area (Å²) in [6.07, 6.45) is 1.93. The Hall–Kier alpha value is -1.20. The molecule has 0 aliphatic rings. The van der Waals surface area contributed by atoms with Gasteiger partial charge in [0.05, 0.1) is 11.9 Å². The van der Waals surface area contributed by atoms with Crippen LogP contribution in [0.15, 0.2) is 48.7 Å². The number of pyridine rings is 1. The predicted octanol–water partition coefficient (Wildman–Crippen LogP) is 2.46. The van der Waals surface area contributed by atoms with Crippen LogP contribution in [-0.2, 0) is 21.1 Å². The van der Waals surface area contributed by atoms with Gasteiger partial charge in [0.2, 0.25) is 0 Å². The fraction of sp³-hybridized carbons (Fsp3) is 0. The normalized spacial score (nSPS) is 9.33. The average molecular weight is 377 g/mol. The summed E-state index contributed by atoms with van der Waals surface area (Å²) in [5.41, 5.74) is 3.23. The second-order valence-corrected chi connectivity index (χ2v) is 3.21. The first-order valence-electron chi connectivity index (χ1n) is 4.52. The summed E-state index contributed by atoms with van der Waals surface area (Å²) >= 11 is 0. The number of benzene rings is 1.